The predicted octanol–water partition coefficient (Wildman–Crippen LogP) is 3.78. The average Bonchev–Trinajstić information content (AvgIpc) is 2.84. The zero-order valence-electron chi connectivity index (χ0n) is 21.3. The van der Waals surface area contributed by atoms with Gasteiger partial charge in [-0.25, -0.2) is 4.39 Å². The molecule has 3 saturated heterocycles. The fraction of sp³-hybridized carbons (Fsp3) is 1.00. The van der Waals surface area contributed by atoms with Crippen LogP contribution in [0.25, 0.3) is 0 Å². The smallest absolute Gasteiger partial charge is 0.123 e. The van der Waals surface area contributed by atoms with Crippen LogP contribution in [-0.2, 0) is 4.74 Å². The molecular weight excluding hydrogens is 403 g/mol. The number of piperazine rings is 1. The number of nitrogens with zero attached hydrogens (tertiary/aromatic N) is 3. The number of nitrogens with one attached hydrogen (secondary N) is 1. The maximum atomic E-state index is 15.5. The SMILES string of the molecule is CC.CCN1CCCC(CN2CCN(CC3(F)CCC(OC4CCNCC4)CC3)CC2)C1. The van der Waals surface area contributed by atoms with E-state index in [1.54, 1.807) is 0 Å². The molecule has 4 rings (SSSR count). The Bertz CT molecular complexity index is 500. The molecule has 3 heterocycles. The number of ether oxygens (including phenoxy) is 1. The average molecular weight is 455 g/mol. The van der Waals surface area contributed by atoms with Crippen molar-refractivity contribution in [3.8, 4) is 0 Å². The second-order valence-corrected chi connectivity index (χ2v) is 10.4. The van der Waals surface area contributed by atoms with Crippen LogP contribution in [0.1, 0.15) is 72.1 Å². The van der Waals surface area contributed by atoms with Crippen molar-refractivity contribution in [3.63, 3.8) is 0 Å². The highest BCUT2D eigenvalue weighted by atomic mass is 19.1. The van der Waals surface area contributed by atoms with E-state index in [0.717, 1.165) is 70.9 Å². The standard InChI is InChI=1S/C24H45FN4O.C2H6/c1-2-27-13-3-4-21(18-27)19-28-14-16-29(17-15-28)20-24(25)9-5-22(6-10-24)30-23-7-11-26-12-8-23;1-2/h21-23,26H,2-20H2,1H3;1-2H3. The summed E-state index contributed by atoms with van der Waals surface area (Å²) in [5, 5.41) is 3.39. The molecule has 3 aliphatic heterocycles. The first-order valence-electron chi connectivity index (χ1n) is 13.8. The van der Waals surface area contributed by atoms with Crippen LogP contribution in [0.5, 0.6) is 0 Å². The molecule has 0 aromatic rings. The van der Waals surface area contributed by atoms with Gasteiger partial charge in [0.2, 0.25) is 0 Å². The molecule has 0 spiro atoms. The lowest BCUT2D eigenvalue weighted by Crippen LogP contribution is -2.53. The van der Waals surface area contributed by atoms with Gasteiger partial charge < -0.3 is 19.9 Å². The maximum Gasteiger partial charge on any atom is 0.123 e. The second kappa shape index (κ2) is 13.6. The van der Waals surface area contributed by atoms with E-state index in [-0.39, 0.29) is 6.10 Å². The second-order valence-electron chi connectivity index (χ2n) is 10.4. The normalized spacial score (nSPS) is 34.1. The number of hydrogen-bond donors (Lipinski definition) is 1. The van der Waals surface area contributed by atoms with E-state index in [0.29, 0.717) is 25.5 Å². The van der Waals surface area contributed by atoms with E-state index in [4.69, 9.17) is 4.74 Å². The topological polar surface area (TPSA) is 31.0 Å². The Balaban J connectivity index is 0.00000141. The van der Waals surface area contributed by atoms with Gasteiger partial charge in [-0.1, -0.05) is 20.8 Å². The van der Waals surface area contributed by atoms with Crippen LogP contribution in [0.15, 0.2) is 0 Å². The molecule has 32 heavy (non-hydrogen) atoms. The van der Waals surface area contributed by atoms with Gasteiger partial charge in [0.05, 0.1) is 12.2 Å². The fourth-order valence-corrected chi connectivity index (χ4v) is 6.09. The molecule has 4 aliphatic rings. The summed E-state index contributed by atoms with van der Waals surface area (Å²) in [6.45, 7) is 18.3. The highest BCUT2D eigenvalue weighted by molar-refractivity contribution is 4.91. The summed E-state index contributed by atoms with van der Waals surface area (Å²) < 4.78 is 21.8. The zero-order valence-corrected chi connectivity index (χ0v) is 21.3. The van der Waals surface area contributed by atoms with Crippen LogP contribution in [0.4, 0.5) is 4.39 Å². The van der Waals surface area contributed by atoms with Gasteiger partial charge >= 0.3 is 0 Å². The molecular formula is C26H51FN4O. The molecule has 4 fully saturated rings. The number of hydrogen-bond acceptors (Lipinski definition) is 5. The summed E-state index contributed by atoms with van der Waals surface area (Å²) in [5.74, 6) is 0.827. The van der Waals surface area contributed by atoms with Crippen molar-refractivity contribution in [3.05, 3.63) is 0 Å². The summed E-state index contributed by atoms with van der Waals surface area (Å²) in [7, 11) is 0. The molecule has 6 heteroatoms. The molecule has 188 valence electrons. The molecule has 5 nitrogen and oxygen atoms in total. The van der Waals surface area contributed by atoms with Gasteiger partial charge in [-0.05, 0) is 83.5 Å². The van der Waals surface area contributed by atoms with Crippen LogP contribution >= 0.6 is 0 Å². The van der Waals surface area contributed by atoms with E-state index < -0.39 is 5.67 Å². The Hall–Kier alpha value is -0.270. The number of likely N-dealkylation sites (tertiary alicyclic amines) is 1. The highest BCUT2D eigenvalue weighted by Crippen LogP contribution is 2.35. The molecule has 1 atom stereocenters. The quantitative estimate of drug-likeness (QED) is 0.633. The Kier molecular flexibility index (Phi) is 11.2. The summed E-state index contributed by atoms with van der Waals surface area (Å²) >= 11 is 0. The lowest BCUT2D eigenvalue weighted by molar-refractivity contribution is -0.0721. The largest absolute Gasteiger partial charge is 0.375 e. The third kappa shape index (κ3) is 8.19. The summed E-state index contributed by atoms with van der Waals surface area (Å²) in [5.41, 5.74) is -0.999. The van der Waals surface area contributed by atoms with E-state index in [1.165, 1.54) is 39.0 Å². The Morgan fingerprint density at radius 3 is 2.12 bits per heavy atom. The van der Waals surface area contributed by atoms with Crippen LogP contribution in [0.3, 0.4) is 0 Å². The lowest BCUT2D eigenvalue weighted by Gasteiger charge is -2.42. The van der Waals surface area contributed by atoms with Gasteiger partial charge in [0, 0.05) is 45.8 Å². The lowest BCUT2D eigenvalue weighted by atomic mass is 9.84. The third-order valence-electron chi connectivity index (χ3n) is 8.04. The minimum atomic E-state index is -0.999. The Labute approximate surface area is 197 Å². The maximum absolute atomic E-state index is 15.5. The number of piperidine rings is 2. The van der Waals surface area contributed by atoms with Crippen LogP contribution in [-0.4, -0.2) is 105 Å². The van der Waals surface area contributed by atoms with Crippen LogP contribution in [0, 0.1) is 5.92 Å². The van der Waals surface area contributed by atoms with Gasteiger partial charge in [0.15, 0.2) is 0 Å². The first kappa shape index (κ1) is 26.3. The van der Waals surface area contributed by atoms with Crippen molar-refractivity contribution in [2.45, 2.75) is 90.0 Å². The van der Waals surface area contributed by atoms with Gasteiger partial charge in [0.25, 0.3) is 0 Å². The highest BCUT2D eigenvalue weighted by Gasteiger charge is 2.38. The molecule has 0 radical (unpaired) electrons. The van der Waals surface area contributed by atoms with E-state index >= 15 is 4.39 Å². The molecule has 0 amide bonds. The Morgan fingerprint density at radius 1 is 0.844 bits per heavy atom. The molecule has 0 bridgehead atoms. The van der Waals surface area contributed by atoms with Crippen molar-refractivity contribution < 1.29 is 9.13 Å². The van der Waals surface area contributed by atoms with E-state index in [1.807, 2.05) is 13.8 Å². The van der Waals surface area contributed by atoms with Gasteiger partial charge in [-0.3, -0.25) is 4.90 Å². The van der Waals surface area contributed by atoms with Crippen molar-refractivity contribution in [2.24, 2.45) is 5.92 Å². The third-order valence-corrected chi connectivity index (χ3v) is 8.04. The van der Waals surface area contributed by atoms with Gasteiger partial charge in [0.1, 0.15) is 5.67 Å². The minimum Gasteiger partial charge on any atom is -0.375 e. The minimum absolute atomic E-state index is 0.284. The Morgan fingerprint density at radius 2 is 1.47 bits per heavy atom. The van der Waals surface area contributed by atoms with Crippen LogP contribution < -0.4 is 5.32 Å². The molecule has 1 saturated carbocycles. The summed E-state index contributed by atoms with van der Waals surface area (Å²) in [6.07, 6.45) is 8.78. The van der Waals surface area contributed by atoms with Crippen LogP contribution in [0.2, 0.25) is 0 Å². The van der Waals surface area contributed by atoms with Crippen molar-refractivity contribution in [1.29, 1.82) is 0 Å². The monoisotopic (exact) mass is 454 g/mol. The van der Waals surface area contributed by atoms with Gasteiger partial charge in [-0.15, -0.1) is 0 Å². The number of halogens is 1. The molecule has 1 aliphatic carbocycles. The predicted molar refractivity (Wildman–Crippen MR) is 132 cm³/mol. The fourth-order valence-electron chi connectivity index (χ4n) is 6.09. The van der Waals surface area contributed by atoms with E-state index in [9.17, 15) is 0 Å². The molecule has 1 N–H and O–H groups in total. The first-order valence-corrected chi connectivity index (χ1v) is 13.8. The van der Waals surface area contributed by atoms with E-state index in [2.05, 4.69) is 26.9 Å². The summed E-state index contributed by atoms with van der Waals surface area (Å²) in [6, 6.07) is 0. The number of alkyl halides is 1. The van der Waals surface area contributed by atoms with Gasteiger partial charge in [-0.2, -0.15) is 0 Å². The van der Waals surface area contributed by atoms with Crippen molar-refractivity contribution >= 4 is 0 Å². The molecule has 1 unspecified atom stereocenters. The van der Waals surface area contributed by atoms with Crippen molar-refractivity contribution in [2.75, 3.05) is 72.0 Å². The summed E-state index contributed by atoms with van der Waals surface area (Å²) in [4.78, 5) is 7.63. The molecule has 0 aromatic heterocycles. The number of rotatable bonds is 7. The molecule has 0 aromatic carbocycles. The van der Waals surface area contributed by atoms with Crippen molar-refractivity contribution in [1.82, 2.24) is 20.0 Å². The zero-order chi connectivity index (χ0) is 22.8. The first-order chi connectivity index (χ1) is 15.6.